The van der Waals surface area contributed by atoms with Crippen LogP contribution in [-0.2, 0) is 6.42 Å². The van der Waals surface area contributed by atoms with Gasteiger partial charge in [0.15, 0.2) is 5.96 Å². The highest BCUT2D eigenvalue weighted by atomic mass is 127. The van der Waals surface area contributed by atoms with Gasteiger partial charge in [0.2, 0.25) is 0 Å². The molecule has 2 unspecified atom stereocenters. The minimum atomic E-state index is 0. The number of hydrogen-bond acceptors (Lipinski definition) is 3. The molecule has 26 heavy (non-hydrogen) atoms. The summed E-state index contributed by atoms with van der Waals surface area (Å²) in [4.78, 5) is 11.5. The molecule has 142 valence electrons. The van der Waals surface area contributed by atoms with Crippen molar-refractivity contribution in [1.29, 1.82) is 0 Å². The first kappa shape index (κ1) is 19.3. The van der Waals surface area contributed by atoms with Crippen LogP contribution in [0.3, 0.4) is 0 Å². The van der Waals surface area contributed by atoms with Crippen LogP contribution in [0, 0.1) is 5.92 Å². The molecule has 1 aliphatic heterocycles. The van der Waals surface area contributed by atoms with Crippen molar-refractivity contribution >= 4 is 29.9 Å². The molecule has 1 saturated heterocycles. The monoisotopic (exact) mass is 469 g/mol. The van der Waals surface area contributed by atoms with Crippen LogP contribution in [-0.4, -0.2) is 46.1 Å². The van der Waals surface area contributed by atoms with Crippen molar-refractivity contribution < 1.29 is 4.42 Å². The van der Waals surface area contributed by atoms with E-state index in [0.717, 1.165) is 37.8 Å². The molecule has 1 N–H and O–H groups in total. The highest BCUT2D eigenvalue weighted by molar-refractivity contribution is 14.0. The second kappa shape index (κ2) is 8.92. The smallest absolute Gasteiger partial charge is 0.194 e. The standard InChI is InChI=1S/C19H27N5O.HI/c1-15-7-10-23(13-18(15)24-11-9-20-14-24)19(22-16-4-5-16)21-8-6-17-3-2-12-25-17;/h2-3,9,11-12,14-16,18H,4-8,10,13H2,1H3,(H,21,22);1H. The summed E-state index contributed by atoms with van der Waals surface area (Å²) in [5.74, 6) is 2.71. The molecule has 4 rings (SSSR count). The molecule has 2 aromatic heterocycles. The molecule has 2 atom stereocenters. The molecule has 0 aromatic carbocycles. The Morgan fingerprint density at radius 1 is 1.38 bits per heavy atom. The van der Waals surface area contributed by atoms with Crippen LogP contribution < -0.4 is 5.32 Å². The van der Waals surface area contributed by atoms with Crippen LogP contribution in [0.5, 0.6) is 0 Å². The summed E-state index contributed by atoms with van der Waals surface area (Å²) >= 11 is 0. The maximum Gasteiger partial charge on any atom is 0.194 e. The van der Waals surface area contributed by atoms with Gasteiger partial charge in [0.05, 0.1) is 18.6 Å². The SMILES string of the molecule is CC1CCN(C(=NCCc2ccco2)NC2CC2)CC1n1ccnc1.I. The number of aromatic nitrogens is 2. The molecule has 3 heterocycles. The first-order valence-corrected chi connectivity index (χ1v) is 9.35. The zero-order chi connectivity index (χ0) is 17.1. The molecule has 2 fully saturated rings. The number of furan rings is 1. The van der Waals surface area contributed by atoms with Gasteiger partial charge in [-0.3, -0.25) is 4.99 Å². The molecule has 6 nitrogen and oxygen atoms in total. The fourth-order valence-electron chi connectivity index (χ4n) is 3.47. The van der Waals surface area contributed by atoms with Gasteiger partial charge >= 0.3 is 0 Å². The Bertz CT molecular complexity index is 681. The third-order valence-corrected chi connectivity index (χ3v) is 5.24. The first-order chi connectivity index (χ1) is 12.3. The maximum absolute atomic E-state index is 5.42. The van der Waals surface area contributed by atoms with Gasteiger partial charge in [0, 0.05) is 44.5 Å². The quantitative estimate of drug-likeness (QED) is 0.415. The van der Waals surface area contributed by atoms with Crippen molar-refractivity contribution in [2.24, 2.45) is 10.9 Å². The lowest BCUT2D eigenvalue weighted by molar-refractivity contribution is 0.188. The Kier molecular flexibility index (Phi) is 6.61. The lowest BCUT2D eigenvalue weighted by Gasteiger charge is -2.39. The van der Waals surface area contributed by atoms with Crippen LogP contribution in [0.2, 0.25) is 0 Å². The van der Waals surface area contributed by atoms with E-state index in [0.29, 0.717) is 18.0 Å². The number of nitrogens with one attached hydrogen (secondary N) is 1. The maximum atomic E-state index is 5.42. The Morgan fingerprint density at radius 2 is 2.27 bits per heavy atom. The van der Waals surface area contributed by atoms with Crippen molar-refractivity contribution in [2.45, 2.75) is 44.7 Å². The summed E-state index contributed by atoms with van der Waals surface area (Å²) in [5.41, 5.74) is 0. The second-order valence-corrected chi connectivity index (χ2v) is 7.24. The number of halogens is 1. The number of likely N-dealkylation sites (tertiary alicyclic amines) is 1. The Hall–Kier alpha value is -1.51. The van der Waals surface area contributed by atoms with Gasteiger partial charge in [0.1, 0.15) is 5.76 Å². The molecule has 1 aliphatic carbocycles. The predicted octanol–water partition coefficient (Wildman–Crippen LogP) is 3.33. The Labute approximate surface area is 172 Å². The van der Waals surface area contributed by atoms with E-state index < -0.39 is 0 Å². The molecule has 0 spiro atoms. The van der Waals surface area contributed by atoms with Crippen LogP contribution in [0.15, 0.2) is 46.5 Å². The van der Waals surface area contributed by atoms with E-state index in [2.05, 4.69) is 32.9 Å². The third-order valence-electron chi connectivity index (χ3n) is 5.24. The number of hydrogen-bond donors (Lipinski definition) is 1. The molecular weight excluding hydrogens is 441 g/mol. The topological polar surface area (TPSA) is 58.6 Å². The van der Waals surface area contributed by atoms with Gasteiger partial charge < -0.3 is 19.2 Å². The largest absolute Gasteiger partial charge is 0.469 e. The van der Waals surface area contributed by atoms with Gasteiger partial charge in [-0.1, -0.05) is 6.92 Å². The van der Waals surface area contributed by atoms with E-state index in [1.165, 1.54) is 19.3 Å². The van der Waals surface area contributed by atoms with Crippen molar-refractivity contribution in [1.82, 2.24) is 19.8 Å². The summed E-state index contributed by atoms with van der Waals surface area (Å²) in [5, 5.41) is 3.64. The number of rotatable bonds is 5. The van der Waals surface area contributed by atoms with Gasteiger partial charge in [-0.2, -0.15) is 0 Å². The lowest BCUT2D eigenvalue weighted by atomic mass is 9.93. The molecule has 0 bridgehead atoms. The van der Waals surface area contributed by atoms with Crippen LogP contribution in [0.1, 0.15) is 38.0 Å². The Balaban J connectivity index is 0.00000196. The highest BCUT2D eigenvalue weighted by Crippen LogP contribution is 2.28. The van der Waals surface area contributed by atoms with Crippen molar-refractivity contribution in [3.8, 4) is 0 Å². The van der Waals surface area contributed by atoms with Crippen molar-refractivity contribution in [3.05, 3.63) is 42.9 Å². The molecular formula is C19H28IN5O. The zero-order valence-corrected chi connectivity index (χ0v) is 17.6. The van der Waals surface area contributed by atoms with Crippen LogP contribution in [0.25, 0.3) is 0 Å². The van der Waals surface area contributed by atoms with Crippen LogP contribution in [0.4, 0.5) is 0 Å². The number of piperidine rings is 1. The highest BCUT2D eigenvalue weighted by Gasteiger charge is 2.31. The summed E-state index contributed by atoms with van der Waals surface area (Å²) < 4.78 is 7.67. The Morgan fingerprint density at radius 3 is 2.96 bits per heavy atom. The number of aliphatic imine (C=N–C) groups is 1. The number of imidazole rings is 1. The number of guanidine groups is 1. The molecule has 0 radical (unpaired) electrons. The second-order valence-electron chi connectivity index (χ2n) is 7.24. The molecule has 1 saturated carbocycles. The minimum absolute atomic E-state index is 0. The van der Waals surface area contributed by atoms with Crippen molar-refractivity contribution in [2.75, 3.05) is 19.6 Å². The van der Waals surface area contributed by atoms with E-state index in [-0.39, 0.29) is 24.0 Å². The van der Waals surface area contributed by atoms with Gasteiger partial charge in [-0.15, -0.1) is 24.0 Å². The number of nitrogens with zero attached hydrogens (tertiary/aromatic N) is 4. The average Bonchev–Trinajstić information content (AvgIpc) is 3.07. The van der Waals surface area contributed by atoms with Gasteiger partial charge in [-0.05, 0) is 37.3 Å². The van der Waals surface area contributed by atoms with E-state index in [1.54, 1.807) is 6.26 Å². The van der Waals surface area contributed by atoms with E-state index in [9.17, 15) is 0 Å². The summed E-state index contributed by atoms with van der Waals surface area (Å²) in [6.45, 7) is 5.14. The van der Waals surface area contributed by atoms with Gasteiger partial charge in [-0.25, -0.2) is 4.98 Å². The summed E-state index contributed by atoms with van der Waals surface area (Å²) in [6, 6.07) is 5.01. The molecule has 2 aliphatic rings. The molecule has 2 aromatic rings. The fourth-order valence-corrected chi connectivity index (χ4v) is 3.47. The van der Waals surface area contributed by atoms with E-state index >= 15 is 0 Å². The molecule has 7 heteroatoms. The normalized spacial score (nSPS) is 23.6. The zero-order valence-electron chi connectivity index (χ0n) is 15.3. The van der Waals surface area contributed by atoms with E-state index in [4.69, 9.17) is 9.41 Å². The summed E-state index contributed by atoms with van der Waals surface area (Å²) in [7, 11) is 0. The average molecular weight is 469 g/mol. The predicted molar refractivity (Wildman–Crippen MR) is 113 cm³/mol. The third kappa shape index (κ3) is 4.81. The van der Waals surface area contributed by atoms with Gasteiger partial charge in [0.25, 0.3) is 0 Å². The van der Waals surface area contributed by atoms with Crippen LogP contribution >= 0.6 is 24.0 Å². The fraction of sp³-hybridized carbons (Fsp3) is 0.579. The lowest BCUT2D eigenvalue weighted by Crippen LogP contribution is -2.49. The minimum Gasteiger partial charge on any atom is -0.469 e. The first-order valence-electron chi connectivity index (χ1n) is 9.35. The van der Waals surface area contributed by atoms with Crippen molar-refractivity contribution in [3.63, 3.8) is 0 Å². The van der Waals surface area contributed by atoms with E-state index in [1.807, 2.05) is 24.7 Å². The summed E-state index contributed by atoms with van der Waals surface area (Å²) in [6.07, 6.45) is 12.1. The molecule has 0 amide bonds.